The first-order chi connectivity index (χ1) is 11.7. The van der Waals surface area contributed by atoms with E-state index in [2.05, 4.69) is 36.1 Å². The first kappa shape index (κ1) is 17.2. The van der Waals surface area contributed by atoms with Crippen molar-refractivity contribution in [2.45, 2.75) is 45.2 Å². The molecule has 0 saturated carbocycles. The van der Waals surface area contributed by atoms with Crippen LogP contribution in [0, 0.1) is 0 Å². The second kappa shape index (κ2) is 7.96. The van der Waals surface area contributed by atoms with Crippen molar-refractivity contribution in [3.05, 3.63) is 70.2 Å². The van der Waals surface area contributed by atoms with Gasteiger partial charge >= 0.3 is 0 Å². The van der Waals surface area contributed by atoms with Crippen molar-refractivity contribution in [1.82, 2.24) is 4.90 Å². The second-order valence-electron chi connectivity index (χ2n) is 6.52. The minimum absolute atomic E-state index is 0.0421. The van der Waals surface area contributed by atoms with Crippen LogP contribution < -0.4 is 0 Å². The van der Waals surface area contributed by atoms with Crippen molar-refractivity contribution in [3.63, 3.8) is 0 Å². The summed E-state index contributed by atoms with van der Waals surface area (Å²) in [6, 6.07) is 15.8. The van der Waals surface area contributed by atoms with E-state index >= 15 is 0 Å². The van der Waals surface area contributed by atoms with Gasteiger partial charge in [0.15, 0.2) is 5.78 Å². The molecule has 1 aliphatic heterocycles. The summed E-state index contributed by atoms with van der Waals surface area (Å²) in [5.41, 5.74) is 3.54. The Hall–Kier alpha value is -1.64. The largest absolute Gasteiger partial charge is 0.292 e. The lowest BCUT2D eigenvalue weighted by Crippen LogP contribution is -2.44. The summed E-state index contributed by atoms with van der Waals surface area (Å²) < 4.78 is 0. The molecule has 0 bridgehead atoms. The molecular weight excluding hydrogens is 318 g/mol. The van der Waals surface area contributed by atoms with Crippen molar-refractivity contribution in [1.29, 1.82) is 0 Å². The van der Waals surface area contributed by atoms with Crippen LogP contribution in [0.2, 0.25) is 5.02 Å². The Labute approximate surface area is 149 Å². The molecule has 24 heavy (non-hydrogen) atoms. The Kier molecular flexibility index (Phi) is 5.70. The molecule has 1 unspecified atom stereocenters. The first-order valence-electron chi connectivity index (χ1n) is 8.79. The van der Waals surface area contributed by atoms with Gasteiger partial charge in [0.25, 0.3) is 0 Å². The van der Waals surface area contributed by atoms with Crippen LogP contribution >= 0.6 is 11.6 Å². The van der Waals surface area contributed by atoms with Crippen LogP contribution in [0.4, 0.5) is 0 Å². The molecule has 1 atom stereocenters. The summed E-state index contributed by atoms with van der Waals surface area (Å²) in [5.74, 6) is 0.222. The van der Waals surface area contributed by atoms with Gasteiger partial charge in [0.05, 0.1) is 6.04 Å². The van der Waals surface area contributed by atoms with Crippen molar-refractivity contribution in [3.8, 4) is 0 Å². The highest BCUT2D eigenvalue weighted by Crippen LogP contribution is 2.24. The molecule has 0 fully saturated rings. The zero-order chi connectivity index (χ0) is 16.9. The van der Waals surface area contributed by atoms with Crippen molar-refractivity contribution in [2.75, 3.05) is 6.54 Å². The number of benzene rings is 2. The average Bonchev–Trinajstić information content (AvgIpc) is 2.62. The molecule has 1 aliphatic rings. The van der Waals surface area contributed by atoms with Crippen molar-refractivity contribution >= 4 is 17.4 Å². The molecule has 0 amide bonds. The van der Waals surface area contributed by atoms with Gasteiger partial charge in [0.2, 0.25) is 0 Å². The molecule has 3 heteroatoms. The molecule has 0 N–H and O–H groups in total. The van der Waals surface area contributed by atoms with E-state index in [1.54, 1.807) is 12.1 Å². The van der Waals surface area contributed by atoms with Gasteiger partial charge in [-0.2, -0.15) is 0 Å². The van der Waals surface area contributed by atoms with Crippen molar-refractivity contribution < 1.29 is 4.79 Å². The highest BCUT2D eigenvalue weighted by molar-refractivity contribution is 6.30. The third kappa shape index (κ3) is 3.88. The number of fused-ring (bicyclic) bond motifs is 1. The summed E-state index contributed by atoms with van der Waals surface area (Å²) in [5, 5.41) is 0.670. The van der Waals surface area contributed by atoms with Crippen LogP contribution in [0.15, 0.2) is 48.5 Å². The predicted octanol–water partition coefficient (Wildman–Crippen LogP) is 5.14. The molecule has 2 aromatic rings. The maximum Gasteiger partial charge on any atom is 0.179 e. The highest BCUT2D eigenvalue weighted by atomic mass is 35.5. The quantitative estimate of drug-likeness (QED) is 0.678. The molecular formula is C21H24ClNO. The number of halogens is 1. The van der Waals surface area contributed by atoms with E-state index in [1.165, 1.54) is 11.1 Å². The number of carbonyl (C=O) groups is 1. The Morgan fingerprint density at radius 3 is 2.54 bits per heavy atom. The van der Waals surface area contributed by atoms with Crippen LogP contribution in [0.5, 0.6) is 0 Å². The summed E-state index contributed by atoms with van der Waals surface area (Å²) in [7, 11) is 0. The SMILES string of the molecule is CCCCC(C(=O)c1ccc(Cl)cc1)N1CCc2ccccc2C1. The monoisotopic (exact) mass is 341 g/mol. The van der Waals surface area contributed by atoms with Crippen LogP contribution in [-0.4, -0.2) is 23.3 Å². The summed E-state index contributed by atoms with van der Waals surface area (Å²) in [6.45, 7) is 3.99. The lowest BCUT2D eigenvalue weighted by Gasteiger charge is -2.35. The fraction of sp³-hybridized carbons (Fsp3) is 0.381. The topological polar surface area (TPSA) is 20.3 Å². The molecule has 0 aromatic heterocycles. The van der Waals surface area contributed by atoms with Gasteiger partial charge in [-0.05, 0) is 48.2 Å². The predicted molar refractivity (Wildman–Crippen MR) is 99.7 cm³/mol. The van der Waals surface area contributed by atoms with E-state index in [9.17, 15) is 4.79 Å². The maximum atomic E-state index is 13.1. The number of nitrogens with zero attached hydrogens (tertiary/aromatic N) is 1. The summed E-state index contributed by atoms with van der Waals surface area (Å²) in [4.78, 5) is 15.4. The van der Waals surface area contributed by atoms with E-state index < -0.39 is 0 Å². The van der Waals surface area contributed by atoms with Crippen LogP contribution in [-0.2, 0) is 13.0 Å². The summed E-state index contributed by atoms with van der Waals surface area (Å²) >= 11 is 5.96. The van der Waals surface area contributed by atoms with E-state index in [1.807, 2.05) is 12.1 Å². The number of Topliss-reactive ketones (excluding diaryl/α,β-unsaturated/α-hetero) is 1. The Morgan fingerprint density at radius 1 is 1.12 bits per heavy atom. The number of hydrogen-bond acceptors (Lipinski definition) is 2. The van der Waals surface area contributed by atoms with Gasteiger partial charge in [0.1, 0.15) is 0 Å². The third-order valence-corrected chi connectivity index (χ3v) is 5.12. The summed E-state index contributed by atoms with van der Waals surface area (Å²) in [6.07, 6.45) is 4.11. The fourth-order valence-electron chi connectivity index (χ4n) is 3.47. The molecule has 126 valence electrons. The molecule has 0 saturated heterocycles. The number of rotatable bonds is 6. The third-order valence-electron chi connectivity index (χ3n) is 4.86. The standard InChI is InChI=1S/C21H24ClNO/c1-2-3-8-20(21(24)17-9-11-19(22)12-10-17)23-14-13-16-6-4-5-7-18(16)15-23/h4-7,9-12,20H,2-3,8,13-15H2,1H3. The van der Waals surface area contributed by atoms with E-state index in [4.69, 9.17) is 11.6 Å². The van der Waals surface area contributed by atoms with Gasteiger partial charge in [-0.3, -0.25) is 9.69 Å². The second-order valence-corrected chi connectivity index (χ2v) is 6.95. The molecule has 2 aromatic carbocycles. The van der Waals surface area contributed by atoms with Gasteiger partial charge in [-0.15, -0.1) is 0 Å². The molecule has 1 heterocycles. The smallest absolute Gasteiger partial charge is 0.179 e. The van der Waals surface area contributed by atoms with Gasteiger partial charge in [-0.25, -0.2) is 0 Å². The first-order valence-corrected chi connectivity index (χ1v) is 9.17. The fourth-order valence-corrected chi connectivity index (χ4v) is 3.59. The lowest BCUT2D eigenvalue weighted by atomic mass is 9.93. The van der Waals surface area contributed by atoms with E-state index in [0.717, 1.165) is 44.3 Å². The normalized spacial score (nSPS) is 15.8. The van der Waals surface area contributed by atoms with Gasteiger partial charge in [-0.1, -0.05) is 55.6 Å². The zero-order valence-corrected chi connectivity index (χ0v) is 14.9. The molecule has 0 aliphatic carbocycles. The van der Waals surface area contributed by atoms with E-state index in [0.29, 0.717) is 5.02 Å². The molecule has 2 nitrogen and oxygen atoms in total. The van der Waals surface area contributed by atoms with Gasteiger partial charge < -0.3 is 0 Å². The molecule has 0 radical (unpaired) electrons. The lowest BCUT2D eigenvalue weighted by molar-refractivity contribution is 0.0778. The molecule has 0 spiro atoms. The minimum Gasteiger partial charge on any atom is -0.292 e. The molecule has 3 rings (SSSR count). The maximum absolute atomic E-state index is 13.1. The number of unbranched alkanes of at least 4 members (excludes halogenated alkanes) is 1. The Bertz CT molecular complexity index is 695. The van der Waals surface area contributed by atoms with Crippen LogP contribution in [0.25, 0.3) is 0 Å². The van der Waals surface area contributed by atoms with Gasteiger partial charge in [0, 0.05) is 23.7 Å². The number of carbonyl (C=O) groups excluding carboxylic acids is 1. The average molecular weight is 342 g/mol. The van der Waals surface area contributed by atoms with E-state index in [-0.39, 0.29) is 11.8 Å². The van der Waals surface area contributed by atoms with Crippen molar-refractivity contribution in [2.24, 2.45) is 0 Å². The zero-order valence-electron chi connectivity index (χ0n) is 14.2. The minimum atomic E-state index is -0.0421. The van der Waals surface area contributed by atoms with Crippen LogP contribution in [0.1, 0.15) is 47.7 Å². The van der Waals surface area contributed by atoms with Crippen LogP contribution in [0.3, 0.4) is 0 Å². The highest BCUT2D eigenvalue weighted by Gasteiger charge is 2.29. The Balaban J connectivity index is 1.81. The number of ketones is 1. The number of hydrogen-bond donors (Lipinski definition) is 0. The Morgan fingerprint density at radius 2 is 1.83 bits per heavy atom.